The molecule has 0 bridgehead atoms. The molecule has 0 aromatic heterocycles. The highest BCUT2D eigenvalue weighted by Crippen LogP contribution is 2.41. The molecule has 0 heterocycles. The van der Waals surface area contributed by atoms with Gasteiger partial charge >= 0.3 is 0 Å². The molecular formula is C16H15FO. The van der Waals surface area contributed by atoms with E-state index in [2.05, 4.69) is 0 Å². The lowest BCUT2D eigenvalue weighted by molar-refractivity contribution is 0.153. The Labute approximate surface area is 106 Å². The zero-order valence-electron chi connectivity index (χ0n) is 10.0. The number of benzene rings is 2. The molecule has 0 aliphatic heterocycles. The fourth-order valence-corrected chi connectivity index (χ4v) is 2.25. The van der Waals surface area contributed by atoms with E-state index in [4.69, 9.17) is 0 Å². The zero-order chi connectivity index (χ0) is 12.5. The number of hydrogen-bond donors (Lipinski definition) is 1. The first-order valence-electron chi connectivity index (χ1n) is 6.28. The van der Waals surface area contributed by atoms with E-state index in [1.165, 1.54) is 6.07 Å². The van der Waals surface area contributed by atoms with Crippen LogP contribution in [0.2, 0.25) is 0 Å². The Balaban J connectivity index is 1.94. The van der Waals surface area contributed by atoms with Gasteiger partial charge in [-0.15, -0.1) is 0 Å². The lowest BCUT2D eigenvalue weighted by atomic mass is 9.99. The third-order valence-electron chi connectivity index (χ3n) is 3.49. The molecule has 1 atom stereocenters. The van der Waals surface area contributed by atoms with Crippen molar-refractivity contribution in [3.8, 4) is 11.1 Å². The number of aliphatic hydroxyl groups is 1. The van der Waals surface area contributed by atoms with Crippen molar-refractivity contribution < 1.29 is 9.50 Å². The lowest BCUT2D eigenvalue weighted by Gasteiger charge is -2.11. The van der Waals surface area contributed by atoms with Crippen molar-refractivity contribution in [1.29, 1.82) is 0 Å². The van der Waals surface area contributed by atoms with Crippen LogP contribution in [0, 0.1) is 11.7 Å². The summed E-state index contributed by atoms with van der Waals surface area (Å²) < 4.78 is 14.1. The summed E-state index contributed by atoms with van der Waals surface area (Å²) in [6, 6.07) is 14.5. The standard InChI is InChI=1S/C16H15FO/c17-15-10-13(16(18)12-6-7-12)8-9-14(15)11-4-2-1-3-5-11/h1-5,8-10,12,16,18H,6-7H2. The Morgan fingerprint density at radius 3 is 2.39 bits per heavy atom. The van der Waals surface area contributed by atoms with Crippen LogP contribution >= 0.6 is 0 Å². The van der Waals surface area contributed by atoms with E-state index >= 15 is 0 Å². The normalized spacial score (nSPS) is 16.6. The Hall–Kier alpha value is -1.67. The van der Waals surface area contributed by atoms with E-state index < -0.39 is 6.10 Å². The summed E-state index contributed by atoms with van der Waals surface area (Å²) >= 11 is 0. The van der Waals surface area contributed by atoms with Gasteiger partial charge in [-0.3, -0.25) is 0 Å². The molecule has 1 saturated carbocycles. The predicted octanol–water partition coefficient (Wildman–Crippen LogP) is 3.94. The first-order chi connectivity index (χ1) is 8.75. The van der Waals surface area contributed by atoms with Crippen LogP contribution in [0.1, 0.15) is 24.5 Å². The van der Waals surface area contributed by atoms with Crippen LogP contribution in [-0.2, 0) is 0 Å². The third kappa shape index (κ3) is 2.16. The van der Waals surface area contributed by atoms with Crippen molar-refractivity contribution >= 4 is 0 Å². The van der Waals surface area contributed by atoms with E-state index in [-0.39, 0.29) is 5.82 Å². The molecule has 2 aromatic carbocycles. The minimum atomic E-state index is -0.510. The van der Waals surface area contributed by atoms with Crippen LogP contribution in [0.3, 0.4) is 0 Å². The minimum Gasteiger partial charge on any atom is -0.388 e. The maximum Gasteiger partial charge on any atom is 0.131 e. The Morgan fingerprint density at radius 1 is 1.06 bits per heavy atom. The summed E-state index contributed by atoms with van der Waals surface area (Å²) in [6.07, 6.45) is 1.58. The van der Waals surface area contributed by atoms with Gasteiger partial charge in [0.15, 0.2) is 0 Å². The average molecular weight is 242 g/mol. The van der Waals surface area contributed by atoms with Crippen LogP contribution in [-0.4, -0.2) is 5.11 Å². The molecule has 1 N–H and O–H groups in total. The first kappa shape index (κ1) is 11.4. The van der Waals surface area contributed by atoms with Crippen LogP contribution in [0.5, 0.6) is 0 Å². The SMILES string of the molecule is OC(c1ccc(-c2ccccc2)c(F)c1)C1CC1. The molecule has 0 spiro atoms. The summed E-state index contributed by atoms with van der Waals surface area (Å²) in [5.41, 5.74) is 2.14. The number of hydrogen-bond acceptors (Lipinski definition) is 1. The van der Waals surface area contributed by atoms with E-state index in [1.54, 1.807) is 6.07 Å². The monoisotopic (exact) mass is 242 g/mol. The van der Waals surface area contributed by atoms with E-state index in [9.17, 15) is 9.50 Å². The topological polar surface area (TPSA) is 20.2 Å². The first-order valence-corrected chi connectivity index (χ1v) is 6.28. The Morgan fingerprint density at radius 2 is 1.78 bits per heavy atom. The lowest BCUT2D eigenvalue weighted by Crippen LogP contribution is -2.00. The maximum atomic E-state index is 14.1. The summed E-state index contributed by atoms with van der Waals surface area (Å²) in [5, 5.41) is 9.98. The van der Waals surface area contributed by atoms with Gasteiger partial charge in [-0.2, -0.15) is 0 Å². The van der Waals surface area contributed by atoms with Crippen LogP contribution < -0.4 is 0 Å². The quantitative estimate of drug-likeness (QED) is 0.864. The predicted molar refractivity (Wildman–Crippen MR) is 69.5 cm³/mol. The highest BCUT2D eigenvalue weighted by atomic mass is 19.1. The van der Waals surface area contributed by atoms with E-state index in [0.29, 0.717) is 17.0 Å². The van der Waals surface area contributed by atoms with Crippen LogP contribution in [0.4, 0.5) is 4.39 Å². The fourth-order valence-electron chi connectivity index (χ4n) is 2.25. The summed E-state index contributed by atoms with van der Waals surface area (Å²) in [7, 11) is 0. The molecule has 0 saturated heterocycles. The van der Waals surface area contributed by atoms with Gasteiger partial charge in [-0.05, 0) is 36.0 Å². The molecule has 2 aromatic rings. The highest BCUT2D eigenvalue weighted by molar-refractivity contribution is 5.64. The highest BCUT2D eigenvalue weighted by Gasteiger charge is 2.31. The zero-order valence-corrected chi connectivity index (χ0v) is 10.0. The molecule has 1 unspecified atom stereocenters. The summed E-state index contributed by atoms with van der Waals surface area (Å²) in [6.45, 7) is 0. The van der Waals surface area contributed by atoms with Gasteiger partial charge in [-0.25, -0.2) is 4.39 Å². The van der Waals surface area contributed by atoms with Crippen molar-refractivity contribution in [3.63, 3.8) is 0 Å². The van der Waals surface area contributed by atoms with Gasteiger partial charge in [0.05, 0.1) is 6.10 Å². The molecule has 0 amide bonds. The molecule has 1 aliphatic carbocycles. The van der Waals surface area contributed by atoms with Crippen molar-refractivity contribution in [3.05, 3.63) is 59.9 Å². The second-order valence-corrected chi connectivity index (χ2v) is 4.89. The minimum absolute atomic E-state index is 0.265. The smallest absolute Gasteiger partial charge is 0.131 e. The third-order valence-corrected chi connectivity index (χ3v) is 3.49. The van der Waals surface area contributed by atoms with Gasteiger partial charge in [0.1, 0.15) is 5.82 Å². The molecule has 0 radical (unpaired) electrons. The molecule has 1 nitrogen and oxygen atoms in total. The average Bonchev–Trinajstić information content (AvgIpc) is 3.23. The van der Waals surface area contributed by atoms with Crippen molar-refractivity contribution in [2.24, 2.45) is 5.92 Å². The number of aliphatic hydroxyl groups excluding tert-OH is 1. The maximum absolute atomic E-state index is 14.1. The second kappa shape index (κ2) is 4.54. The molecule has 92 valence electrons. The van der Waals surface area contributed by atoms with Crippen molar-refractivity contribution in [2.45, 2.75) is 18.9 Å². The fraction of sp³-hybridized carbons (Fsp3) is 0.250. The van der Waals surface area contributed by atoms with E-state index in [0.717, 1.165) is 18.4 Å². The van der Waals surface area contributed by atoms with Gasteiger partial charge < -0.3 is 5.11 Å². The van der Waals surface area contributed by atoms with Gasteiger partial charge in [0.25, 0.3) is 0 Å². The van der Waals surface area contributed by atoms with Crippen LogP contribution in [0.15, 0.2) is 48.5 Å². The second-order valence-electron chi connectivity index (χ2n) is 4.89. The van der Waals surface area contributed by atoms with Gasteiger partial charge in [0, 0.05) is 5.56 Å². The molecule has 1 aliphatic rings. The van der Waals surface area contributed by atoms with Crippen LogP contribution in [0.25, 0.3) is 11.1 Å². The number of halogens is 1. The largest absolute Gasteiger partial charge is 0.388 e. The van der Waals surface area contributed by atoms with Crippen molar-refractivity contribution in [1.82, 2.24) is 0 Å². The summed E-state index contributed by atoms with van der Waals surface area (Å²) in [4.78, 5) is 0. The molecule has 1 fully saturated rings. The van der Waals surface area contributed by atoms with Crippen molar-refractivity contribution in [2.75, 3.05) is 0 Å². The molecular weight excluding hydrogens is 227 g/mol. The Bertz CT molecular complexity index is 546. The summed E-state index contributed by atoms with van der Waals surface area (Å²) in [5.74, 6) is 0.0605. The molecule has 3 rings (SSSR count). The van der Waals surface area contributed by atoms with E-state index in [1.807, 2.05) is 36.4 Å². The molecule has 2 heteroatoms. The molecule has 18 heavy (non-hydrogen) atoms. The Kier molecular flexibility index (Phi) is 2.88. The van der Waals surface area contributed by atoms with Gasteiger partial charge in [0.2, 0.25) is 0 Å². The number of rotatable bonds is 3. The van der Waals surface area contributed by atoms with Gasteiger partial charge in [-0.1, -0.05) is 42.5 Å².